The Balaban J connectivity index is 1.10. The zero-order chi connectivity index (χ0) is 35.3. The maximum atomic E-state index is 6.89. The van der Waals surface area contributed by atoms with Gasteiger partial charge < -0.3 is 4.42 Å². The van der Waals surface area contributed by atoms with Crippen molar-refractivity contribution in [3.8, 4) is 33.4 Å². The second-order valence-electron chi connectivity index (χ2n) is 14.4. The fourth-order valence-electron chi connectivity index (χ4n) is 8.97. The van der Waals surface area contributed by atoms with Crippen molar-refractivity contribution >= 4 is 96.5 Å². The molecule has 2 aromatic heterocycles. The fourth-order valence-corrected chi connectivity index (χ4v) is 10.1. The van der Waals surface area contributed by atoms with Gasteiger partial charge in [-0.25, -0.2) is 0 Å². The van der Waals surface area contributed by atoms with Crippen LogP contribution < -0.4 is 0 Å². The number of thiophene rings is 1. The van der Waals surface area contributed by atoms with Crippen LogP contribution in [0.4, 0.5) is 0 Å². The number of hydrogen-bond acceptors (Lipinski definition) is 2. The van der Waals surface area contributed by atoms with Gasteiger partial charge in [-0.2, -0.15) is 0 Å². The number of rotatable bonds is 3. The largest absolute Gasteiger partial charge is 0.455 e. The fraction of sp³-hybridized carbons (Fsp3) is 0. The van der Waals surface area contributed by atoms with E-state index in [0.29, 0.717) is 0 Å². The van der Waals surface area contributed by atoms with E-state index in [1.165, 1.54) is 85.5 Å². The summed E-state index contributed by atoms with van der Waals surface area (Å²) in [7, 11) is 0. The monoisotopic (exact) mass is 702 g/mol. The summed E-state index contributed by atoms with van der Waals surface area (Å²) in [4.78, 5) is 0. The summed E-state index contributed by atoms with van der Waals surface area (Å²) in [5, 5.41) is 14.8. The molecule has 0 atom stereocenters. The van der Waals surface area contributed by atoms with Gasteiger partial charge in [-0.3, -0.25) is 0 Å². The summed E-state index contributed by atoms with van der Waals surface area (Å²) in [6.07, 6.45) is 0. The van der Waals surface area contributed by atoms with Gasteiger partial charge in [-0.05, 0) is 101 Å². The minimum absolute atomic E-state index is 0.924. The number of furan rings is 1. The van der Waals surface area contributed by atoms with Gasteiger partial charge >= 0.3 is 0 Å². The lowest BCUT2D eigenvalue weighted by atomic mass is 9.85. The first kappa shape index (κ1) is 29.8. The normalized spacial score (nSPS) is 12.1. The van der Waals surface area contributed by atoms with Crippen LogP contribution in [0.25, 0.3) is 119 Å². The maximum absolute atomic E-state index is 6.89. The lowest BCUT2D eigenvalue weighted by Crippen LogP contribution is -1.91. The van der Waals surface area contributed by atoms with Crippen molar-refractivity contribution in [1.29, 1.82) is 0 Å². The zero-order valence-corrected chi connectivity index (χ0v) is 30.0. The molecule has 54 heavy (non-hydrogen) atoms. The van der Waals surface area contributed by atoms with Gasteiger partial charge in [0.2, 0.25) is 0 Å². The molecule has 12 rings (SSSR count). The molecular formula is C52H30OS. The van der Waals surface area contributed by atoms with Gasteiger partial charge in [0.05, 0.1) is 0 Å². The molecule has 0 aliphatic carbocycles. The van der Waals surface area contributed by atoms with Gasteiger partial charge in [0.25, 0.3) is 0 Å². The van der Waals surface area contributed by atoms with Crippen molar-refractivity contribution in [1.82, 2.24) is 0 Å². The van der Waals surface area contributed by atoms with E-state index >= 15 is 0 Å². The quantitative estimate of drug-likeness (QED) is 0.167. The highest BCUT2D eigenvalue weighted by atomic mass is 32.1. The summed E-state index contributed by atoms with van der Waals surface area (Å²) in [6, 6.07) is 66.7. The molecule has 0 saturated carbocycles. The third kappa shape index (κ3) is 4.32. The standard InChI is InChI=1S/C52H30OS/c1-2-12-34-27-37(26-21-31(34)11-1)49-40-17-7-5-15-38(40)48(39-16-6-8-18-41(39)49)32-22-24-33(25-23-32)50-51-42-19-9-10-20-46(42)54-47(51)30-44-43-28-35-13-3-4-14-36(35)29-45(43)53-52(44)50/h1-30H. The second kappa shape index (κ2) is 11.4. The Morgan fingerprint density at radius 1 is 0.315 bits per heavy atom. The van der Waals surface area contributed by atoms with Gasteiger partial charge in [-0.1, -0.05) is 152 Å². The van der Waals surface area contributed by atoms with Crippen molar-refractivity contribution in [2.45, 2.75) is 0 Å². The average molecular weight is 703 g/mol. The van der Waals surface area contributed by atoms with Crippen LogP contribution in [0, 0.1) is 0 Å². The highest BCUT2D eigenvalue weighted by Gasteiger charge is 2.22. The lowest BCUT2D eigenvalue weighted by molar-refractivity contribution is 0.671. The first-order valence-electron chi connectivity index (χ1n) is 18.5. The maximum Gasteiger partial charge on any atom is 0.143 e. The van der Waals surface area contributed by atoms with E-state index in [4.69, 9.17) is 4.42 Å². The van der Waals surface area contributed by atoms with Crippen molar-refractivity contribution in [3.63, 3.8) is 0 Å². The Morgan fingerprint density at radius 3 is 1.48 bits per heavy atom. The number of benzene rings is 10. The topological polar surface area (TPSA) is 13.1 Å². The molecule has 250 valence electrons. The van der Waals surface area contributed by atoms with E-state index < -0.39 is 0 Å². The van der Waals surface area contributed by atoms with Crippen LogP contribution in [0.3, 0.4) is 0 Å². The van der Waals surface area contributed by atoms with Gasteiger partial charge in [0, 0.05) is 36.5 Å². The lowest BCUT2D eigenvalue weighted by Gasteiger charge is -2.18. The molecule has 1 nitrogen and oxygen atoms in total. The van der Waals surface area contributed by atoms with E-state index in [0.717, 1.165) is 33.1 Å². The highest BCUT2D eigenvalue weighted by molar-refractivity contribution is 7.26. The van der Waals surface area contributed by atoms with Gasteiger partial charge in [0.1, 0.15) is 11.2 Å². The Bertz CT molecular complexity index is 3430. The van der Waals surface area contributed by atoms with E-state index in [-0.39, 0.29) is 0 Å². The minimum Gasteiger partial charge on any atom is -0.455 e. The smallest absolute Gasteiger partial charge is 0.143 e. The van der Waals surface area contributed by atoms with Crippen LogP contribution in [0.15, 0.2) is 186 Å². The number of hydrogen-bond donors (Lipinski definition) is 0. The third-order valence-corrected chi connectivity index (χ3v) is 12.5. The molecule has 0 amide bonds. The summed E-state index contributed by atoms with van der Waals surface area (Å²) < 4.78 is 9.46. The van der Waals surface area contributed by atoms with E-state index in [2.05, 4.69) is 182 Å². The predicted octanol–water partition coefficient (Wildman–Crippen LogP) is 15.6. The molecule has 0 N–H and O–H groups in total. The Kier molecular flexibility index (Phi) is 6.28. The van der Waals surface area contributed by atoms with E-state index in [1.54, 1.807) is 0 Å². The molecule has 0 saturated heterocycles. The molecule has 2 heterocycles. The van der Waals surface area contributed by atoms with Gasteiger partial charge in [0.15, 0.2) is 0 Å². The first-order chi connectivity index (χ1) is 26.8. The molecule has 0 aliphatic rings. The van der Waals surface area contributed by atoms with E-state index in [1.807, 2.05) is 11.3 Å². The average Bonchev–Trinajstić information content (AvgIpc) is 3.78. The van der Waals surface area contributed by atoms with Crippen LogP contribution in [-0.4, -0.2) is 0 Å². The predicted molar refractivity (Wildman–Crippen MR) is 233 cm³/mol. The third-order valence-electron chi connectivity index (χ3n) is 11.4. The molecule has 0 aliphatic heterocycles. The molecule has 2 heteroatoms. The summed E-state index contributed by atoms with van der Waals surface area (Å²) in [5.41, 5.74) is 9.16. The van der Waals surface area contributed by atoms with Crippen LogP contribution in [0.1, 0.15) is 0 Å². The van der Waals surface area contributed by atoms with Crippen LogP contribution in [0.2, 0.25) is 0 Å². The minimum atomic E-state index is 0.924. The summed E-state index contributed by atoms with van der Waals surface area (Å²) >= 11 is 1.86. The van der Waals surface area contributed by atoms with E-state index in [9.17, 15) is 0 Å². The molecular weight excluding hydrogens is 673 g/mol. The van der Waals surface area contributed by atoms with Crippen molar-refractivity contribution in [2.75, 3.05) is 0 Å². The Hall–Kier alpha value is -6.74. The molecule has 0 radical (unpaired) electrons. The summed E-state index contributed by atoms with van der Waals surface area (Å²) in [6.45, 7) is 0. The van der Waals surface area contributed by atoms with Crippen molar-refractivity contribution in [2.24, 2.45) is 0 Å². The molecule has 0 spiro atoms. The van der Waals surface area contributed by atoms with Crippen LogP contribution in [0.5, 0.6) is 0 Å². The Morgan fingerprint density at radius 2 is 0.815 bits per heavy atom. The van der Waals surface area contributed by atoms with Crippen LogP contribution >= 0.6 is 11.3 Å². The molecule has 0 bridgehead atoms. The summed E-state index contributed by atoms with van der Waals surface area (Å²) in [5.74, 6) is 0. The first-order valence-corrected chi connectivity index (χ1v) is 19.3. The SMILES string of the molecule is c1ccc2cc(-c3c4ccccc4c(-c4ccc(-c5c6oc7cc8ccccc8cc7c6cc6sc7ccccc7c56)cc4)c4ccccc34)ccc2c1. The van der Waals surface area contributed by atoms with Crippen LogP contribution in [-0.2, 0) is 0 Å². The molecule has 0 unspecified atom stereocenters. The Labute approximate surface area is 314 Å². The highest BCUT2D eigenvalue weighted by Crippen LogP contribution is 2.49. The van der Waals surface area contributed by atoms with Gasteiger partial charge in [-0.15, -0.1) is 11.3 Å². The molecule has 10 aromatic carbocycles. The zero-order valence-electron chi connectivity index (χ0n) is 29.1. The second-order valence-corrected chi connectivity index (χ2v) is 15.5. The van der Waals surface area contributed by atoms with Crippen molar-refractivity contribution < 1.29 is 4.42 Å². The number of fused-ring (bicyclic) bond motifs is 10. The van der Waals surface area contributed by atoms with Crippen molar-refractivity contribution in [3.05, 3.63) is 182 Å². The molecule has 12 aromatic rings. The molecule has 0 fully saturated rings.